The van der Waals surface area contributed by atoms with Gasteiger partial charge in [0.2, 0.25) is 5.91 Å². The molecule has 196 valence electrons. The van der Waals surface area contributed by atoms with Gasteiger partial charge in [-0.1, -0.05) is 54.6 Å². The van der Waals surface area contributed by atoms with Crippen LogP contribution in [0.1, 0.15) is 24.0 Å². The molecular weight excluding hydrogens is 510 g/mol. The first-order chi connectivity index (χ1) is 17.4. The van der Waals surface area contributed by atoms with E-state index in [1.807, 2.05) is 24.3 Å². The number of amides is 1. The van der Waals surface area contributed by atoms with Gasteiger partial charge < -0.3 is 28.2 Å². The second-order valence-electron chi connectivity index (χ2n) is 8.66. The van der Waals surface area contributed by atoms with Crippen LogP contribution in [0.5, 0.6) is 5.75 Å². The summed E-state index contributed by atoms with van der Waals surface area (Å²) in [6, 6.07) is 23.0. The molecule has 9 heteroatoms. The van der Waals surface area contributed by atoms with Crippen LogP contribution in [0.4, 0.5) is 0 Å². The maximum Gasteiger partial charge on any atom is 0.268 e. The average Bonchev–Trinajstić information content (AvgIpc) is 3.36. The molecule has 4 aromatic rings. The summed E-state index contributed by atoms with van der Waals surface area (Å²) in [6.45, 7) is 0.559. The van der Waals surface area contributed by atoms with E-state index >= 15 is 0 Å². The van der Waals surface area contributed by atoms with Gasteiger partial charge in [0.05, 0.1) is 18.0 Å². The summed E-state index contributed by atoms with van der Waals surface area (Å²) in [4.78, 5) is 12.8. The second kappa shape index (κ2) is 12.8. The number of hydrogen-bond donors (Lipinski definition) is 2. The number of hydrogen-bond acceptors (Lipinski definition) is 5. The van der Waals surface area contributed by atoms with Crippen LogP contribution in [0.25, 0.3) is 10.9 Å². The molecule has 1 aromatic heterocycles. The standard InChI is InChI=1S/C28H31N3O4S.ClH/c1-35-26-16-15-22(20-25(29)28(32)30-18-9-8-12-21-10-4-2-5-11-21)24-17-19-31(27(24)26)36(33,34)23-13-6-3-7-14-23;/h2-7,10-11,13-17,19,25H,8-9,12,18,20,29H2,1H3,(H,30,32);1H/p-1. The molecule has 0 aliphatic heterocycles. The van der Waals surface area contributed by atoms with Crippen LogP contribution in [0.2, 0.25) is 0 Å². The number of carbonyl (C=O) groups is 1. The van der Waals surface area contributed by atoms with E-state index in [1.165, 1.54) is 22.8 Å². The Morgan fingerprint density at radius 3 is 2.32 bits per heavy atom. The highest BCUT2D eigenvalue weighted by atomic mass is 35.5. The summed E-state index contributed by atoms with van der Waals surface area (Å²) < 4.78 is 33.3. The third-order valence-corrected chi connectivity index (χ3v) is 7.89. The van der Waals surface area contributed by atoms with E-state index in [2.05, 4.69) is 17.4 Å². The van der Waals surface area contributed by atoms with E-state index in [0.717, 1.165) is 24.8 Å². The zero-order chi connectivity index (χ0) is 25.5. The van der Waals surface area contributed by atoms with Crippen molar-refractivity contribution >= 4 is 26.8 Å². The lowest BCUT2D eigenvalue weighted by Gasteiger charge is -2.15. The summed E-state index contributed by atoms with van der Waals surface area (Å²) >= 11 is 0. The van der Waals surface area contributed by atoms with Crippen molar-refractivity contribution in [3.05, 3.63) is 96.2 Å². The molecule has 37 heavy (non-hydrogen) atoms. The summed E-state index contributed by atoms with van der Waals surface area (Å²) in [7, 11) is -2.33. The number of aromatic nitrogens is 1. The number of benzene rings is 3. The first-order valence-electron chi connectivity index (χ1n) is 12.0. The van der Waals surface area contributed by atoms with Crippen molar-refractivity contribution < 1.29 is 30.4 Å². The van der Waals surface area contributed by atoms with Gasteiger partial charge in [-0.25, -0.2) is 12.4 Å². The molecule has 0 aliphatic carbocycles. The van der Waals surface area contributed by atoms with E-state index in [0.29, 0.717) is 23.2 Å². The number of ether oxygens (including phenoxy) is 1. The number of nitrogens with zero attached hydrogens (tertiary/aromatic N) is 1. The number of methoxy groups -OCH3 is 1. The number of nitrogens with one attached hydrogen (secondary N) is 1. The van der Waals surface area contributed by atoms with Crippen LogP contribution in [0, 0.1) is 0 Å². The quantitative estimate of drug-likeness (QED) is 0.275. The molecule has 0 saturated heterocycles. The number of unbranched alkanes of at least 4 members (excludes halogenated alkanes) is 1. The minimum absolute atomic E-state index is 0. The molecule has 0 fully saturated rings. The van der Waals surface area contributed by atoms with Crippen molar-refractivity contribution in [2.24, 2.45) is 5.73 Å². The molecule has 0 spiro atoms. The minimum Gasteiger partial charge on any atom is -1.00 e. The summed E-state index contributed by atoms with van der Waals surface area (Å²) in [6.07, 6.45) is 4.58. The lowest BCUT2D eigenvalue weighted by atomic mass is 10.0. The van der Waals surface area contributed by atoms with E-state index < -0.39 is 16.1 Å². The van der Waals surface area contributed by atoms with Crippen LogP contribution < -0.4 is 28.2 Å². The number of rotatable bonds is 11. The van der Waals surface area contributed by atoms with Crippen LogP contribution in [-0.2, 0) is 27.7 Å². The normalized spacial score (nSPS) is 12.1. The molecule has 1 atom stereocenters. The Morgan fingerprint density at radius 2 is 1.65 bits per heavy atom. The molecule has 1 amide bonds. The fourth-order valence-electron chi connectivity index (χ4n) is 4.28. The molecule has 0 radical (unpaired) electrons. The topological polar surface area (TPSA) is 103 Å². The Bertz CT molecular complexity index is 1420. The fourth-order valence-corrected chi connectivity index (χ4v) is 5.66. The maximum atomic E-state index is 13.3. The van der Waals surface area contributed by atoms with Crippen LogP contribution in [0.3, 0.4) is 0 Å². The third kappa shape index (κ3) is 6.52. The van der Waals surface area contributed by atoms with Crippen molar-refractivity contribution in [2.45, 2.75) is 36.6 Å². The zero-order valence-electron chi connectivity index (χ0n) is 20.6. The molecule has 1 heterocycles. The summed E-state index contributed by atoms with van der Waals surface area (Å²) in [5.41, 5.74) is 8.72. The highest BCUT2D eigenvalue weighted by molar-refractivity contribution is 7.90. The monoisotopic (exact) mass is 540 g/mol. The SMILES string of the molecule is COc1ccc(CC(N)C(=O)NCCCCc2ccccc2)c2ccn(S(=O)(=O)c3ccccc3)c12.[Cl-]. The molecular formula is C28H31ClN3O4S-. The van der Waals surface area contributed by atoms with Crippen molar-refractivity contribution in [3.8, 4) is 5.75 Å². The van der Waals surface area contributed by atoms with Crippen LogP contribution in [-0.4, -0.2) is 38.0 Å². The van der Waals surface area contributed by atoms with Gasteiger partial charge in [-0.3, -0.25) is 4.79 Å². The number of halogens is 1. The van der Waals surface area contributed by atoms with Gasteiger partial charge in [0.15, 0.2) is 0 Å². The van der Waals surface area contributed by atoms with Crippen molar-refractivity contribution in [2.75, 3.05) is 13.7 Å². The van der Waals surface area contributed by atoms with Crippen LogP contribution in [0.15, 0.2) is 90.0 Å². The highest BCUT2D eigenvalue weighted by Crippen LogP contribution is 2.32. The number of fused-ring (bicyclic) bond motifs is 1. The van der Waals surface area contributed by atoms with Gasteiger partial charge in [-0.15, -0.1) is 0 Å². The lowest BCUT2D eigenvalue weighted by Crippen LogP contribution is -3.00. The van der Waals surface area contributed by atoms with Gasteiger partial charge in [-0.2, -0.15) is 0 Å². The predicted octanol–water partition coefficient (Wildman–Crippen LogP) is 0.900. The Hall–Kier alpha value is -3.33. The predicted molar refractivity (Wildman–Crippen MR) is 142 cm³/mol. The van der Waals surface area contributed by atoms with Gasteiger partial charge in [-0.05, 0) is 61.1 Å². The minimum atomic E-state index is -3.83. The zero-order valence-corrected chi connectivity index (χ0v) is 22.2. The van der Waals surface area contributed by atoms with E-state index in [9.17, 15) is 13.2 Å². The average molecular weight is 541 g/mol. The van der Waals surface area contributed by atoms with Gasteiger partial charge >= 0.3 is 0 Å². The molecule has 4 rings (SSSR count). The Morgan fingerprint density at radius 1 is 0.973 bits per heavy atom. The molecule has 0 aliphatic rings. The fraction of sp³-hybridized carbons (Fsp3) is 0.250. The van der Waals surface area contributed by atoms with Crippen molar-refractivity contribution in [1.29, 1.82) is 0 Å². The summed E-state index contributed by atoms with van der Waals surface area (Å²) in [5, 5.41) is 3.60. The van der Waals surface area contributed by atoms with Gasteiger partial charge in [0.1, 0.15) is 11.3 Å². The molecule has 0 saturated carbocycles. The molecule has 0 bridgehead atoms. The third-order valence-electron chi connectivity index (χ3n) is 6.20. The molecule has 3 aromatic carbocycles. The molecule has 3 N–H and O–H groups in total. The highest BCUT2D eigenvalue weighted by Gasteiger charge is 2.23. The first-order valence-corrected chi connectivity index (χ1v) is 13.4. The number of aryl methyl sites for hydroxylation is 1. The van der Waals surface area contributed by atoms with Gasteiger partial charge in [0, 0.05) is 18.1 Å². The van der Waals surface area contributed by atoms with E-state index in [4.69, 9.17) is 10.5 Å². The van der Waals surface area contributed by atoms with Gasteiger partial charge in [0.25, 0.3) is 10.0 Å². The number of nitrogens with two attached hydrogens (primary N) is 1. The lowest BCUT2D eigenvalue weighted by molar-refractivity contribution is -0.122. The Balaban J connectivity index is 0.00000380. The molecule has 7 nitrogen and oxygen atoms in total. The smallest absolute Gasteiger partial charge is 0.268 e. The van der Waals surface area contributed by atoms with Crippen molar-refractivity contribution in [1.82, 2.24) is 9.29 Å². The van der Waals surface area contributed by atoms with E-state index in [-0.39, 0.29) is 29.6 Å². The second-order valence-corrected chi connectivity index (χ2v) is 10.5. The van der Waals surface area contributed by atoms with Crippen LogP contribution >= 0.6 is 0 Å². The van der Waals surface area contributed by atoms with E-state index in [1.54, 1.807) is 42.5 Å². The number of carbonyl (C=O) groups excluding carboxylic acids is 1. The molecule has 1 unspecified atom stereocenters. The van der Waals surface area contributed by atoms with Crippen molar-refractivity contribution in [3.63, 3.8) is 0 Å². The first kappa shape index (κ1) is 28.2. The summed E-state index contributed by atoms with van der Waals surface area (Å²) in [5.74, 6) is 0.199. The largest absolute Gasteiger partial charge is 1.00 e. The maximum absolute atomic E-state index is 13.3. The Labute approximate surface area is 224 Å². The Kier molecular flexibility index (Phi) is 9.74.